The Hall–Kier alpha value is -3.05. The Balaban J connectivity index is 0.000000162. The fraction of sp³-hybridized carbons (Fsp3) is 0.429. The summed E-state index contributed by atoms with van der Waals surface area (Å²) in [5.41, 5.74) is -0.312. The SMILES string of the molecule is CC(C)C(CC(=O)[O-])OC(=O)C12CC3CC(CC(C3)C1)C2.c1ccc([S+](c2ccccc2)c2ccccc2)cc1. The summed E-state index contributed by atoms with van der Waals surface area (Å²) in [6, 6.07) is 32.2. The predicted molar refractivity (Wildman–Crippen MR) is 156 cm³/mol. The molecule has 210 valence electrons. The van der Waals surface area contributed by atoms with Gasteiger partial charge in [0, 0.05) is 12.4 Å². The lowest BCUT2D eigenvalue weighted by Gasteiger charge is -2.55. The Morgan fingerprint density at radius 3 is 1.45 bits per heavy atom. The fourth-order valence-electron chi connectivity index (χ4n) is 7.28. The second-order valence-electron chi connectivity index (χ2n) is 12.2. The van der Waals surface area contributed by atoms with Crippen molar-refractivity contribution in [2.45, 2.75) is 79.6 Å². The molecule has 0 saturated heterocycles. The van der Waals surface area contributed by atoms with Crippen LogP contribution in [0.1, 0.15) is 58.8 Å². The highest BCUT2D eigenvalue weighted by Crippen LogP contribution is 2.60. The highest BCUT2D eigenvalue weighted by atomic mass is 32.2. The molecule has 0 N–H and O–H groups in total. The van der Waals surface area contributed by atoms with Gasteiger partial charge in [0.2, 0.25) is 0 Å². The van der Waals surface area contributed by atoms with E-state index in [1.807, 2.05) is 13.8 Å². The minimum absolute atomic E-state index is 0.000706. The maximum absolute atomic E-state index is 12.8. The molecule has 0 spiro atoms. The molecular weight excluding hydrogens is 516 g/mol. The first-order valence-corrected chi connectivity index (χ1v) is 15.9. The van der Waals surface area contributed by atoms with Gasteiger partial charge in [-0.15, -0.1) is 0 Å². The maximum atomic E-state index is 12.8. The predicted octanol–water partition coefficient (Wildman–Crippen LogP) is 6.69. The summed E-state index contributed by atoms with van der Waals surface area (Å²) < 4.78 is 5.65. The lowest BCUT2D eigenvalue weighted by molar-refractivity contribution is -0.308. The molecule has 0 amide bonds. The van der Waals surface area contributed by atoms with Crippen molar-refractivity contribution in [2.24, 2.45) is 29.1 Å². The van der Waals surface area contributed by atoms with Crippen LogP contribution in [0, 0.1) is 29.1 Å². The Kier molecular flexibility index (Phi) is 9.00. The third-order valence-electron chi connectivity index (χ3n) is 8.78. The first-order valence-electron chi connectivity index (χ1n) is 14.6. The number of ether oxygens (including phenoxy) is 1. The van der Waals surface area contributed by atoms with Gasteiger partial charge in [0.15, 0.2) is 14.7 Å². The monoisotopic (exact) mass is 556 g/mol. The van der Waals surface area contributed by atoms with Crippen LogP contribution >= 0.6 is 0 Å². The topological polar surface area (TPSA) is 66.4 Å². The molecule has 4 nitrogen and oxygen atoms in total. The summed E-state index contributed by atoms with van der Waals surface area (Å²) in [6.45, 7) is 3.78. The molecule has 0 heterocycles. The van der Waals surface area contributed by atoms with Crippen molar-refractivity contribution in [2.75, 3.05) is 0 Å². The first-order chi connectivity index (χ1) is 19.3. The molecule has 0 radical (unpaired) electrons. The van der Waals surface area contributed by atoms with E-state index in [-0.39, 0.29) is 34.6 Å². The van der Waals surface area contributed by atoms with E-state index in [2.05, 4.69) is 91.0 Å². The smallest absolute Gasteiger partial charge is 0.312 e. The van der Waals surface area contributed by atoms with Gasteiger partial charge in [-0.3, -0.25) is 4.79 Å². The number of carboxylic acids is 1. The van der Waals surface area contributed by atoms with Gasteiger partial charge in [0.25, 0.3) is 0 Å². The Morgan fingerprint density at radius 1 is 0.750 bits per heavy atom. The lowest BCUT2D eigenvalue weighted by atomic mass is 9.49. The largest absolute Gasteiger partial charge is 0.550 e. The molecule has 1 atom stereocenters. The molecule has 1 unspecified atom stereocenters. The molecule has 4 aliphatic carbocycles. The van der Waals surface area contributed by atoms with Gasteiger partial charge in [-0.1, -0.05) is 68.4 Å². The molecule has 40 heavy (non-hydrogen) atoms. The normalized spacial score (nSPS) is 25.2. The van der Waals surface area contributed by atoms with Crippen molar-refractivity contribution in [3.05, 3.63) is 91.0 Å². The summed E-state index contributed by atoms with van der Waals surface area (Å²) in [7, 11) is -0.0146. The van der Waals surface area contributed by atoms with Crippen molar-refractivity contribution in [3.8, 4) is 0 Å². The second-order valence-corrected chi connectivity index (χ2v) is 14.2. The zero-order valence-electron chi connectivity index (χ0n) is 23.5. The highest BCUT2D eigenvalue weighted by molar-refractivity contribution is 7.97. The Bertz CT molecular complexity index is 1130. The van der Waals surface area contributed by atoms with Crippen LogP contribution in [0.25, 0.3) is 0 Å². The third kappa shape index (κ3) is 6.63. The van der Waals surface area contributed by atoms with Crippen LogP contribution in [0.3, 0.4) is 0 Å². The molecule has 4 fully saturated rings. The third-order valence-corrected chi connectivity index (χ3v) is 11.0. The average molecular weight is 557 g/mol. The molecule has 0 aliphatic heterocycles. The van der Waals surface area contributed by atoms with Crippen LogP contribution in [0.2, 0.25) is 0 Å². The number of carboxylic acid groups (broad SMARTS) is 1. The number of carbonyl (C=O) groups excluding carboxylic acids is 2. The number of aliphatic carboxylic acids is 1. The highest BCUT2D eigenvalue weighted by Gasteiger charge is 2.55. The number of hydrogen-bond acceptors (Lipinski definition) is 4. The molecule has 0 aromatic heterocycles. The number of benzene rings is 3. The maximum Gasteiger partial charge on any atom is 0.312 e. The average Bonchev–Trinajstić information content (AvgIpc) is 2.94. The number of carbonyl (C=O) groups is 2. The van der Waals surface area contributed by atoms with E-state index in [0.29, 0.717) is 17.8 Å². The molecule has 4 bridgehead atoms. The molecule has 3 aromatic rings. The van der Waals surface area contributed by atoms with Crippen molar-refractivity contribution >= 4 is 22.8 Å². The van der Waals surface area contributed by atoms with Gasteiger partial charge in [-0.25, -0.2) is 0 Å². The molecule has 4 aliphatic rings. The van der Waals surface area contributed by atoms with E-state index < -0.39 is 12.1 Å². The molecular formula is C35H40O4S. The zero-order chi connectivity index (χ0) is 28.1. The lowest BCUT2D eigenvalue weighted by Crippen LogP contribution is -2.51. The Labute approximate surface area is 241 Å². The van der Waals surface area contributed by atoms with Crippen LogP contribution < -0.4 is 5.11 Å². The van der Waals surface area contributed by atoms with E-state index in [9.17, 15) is 14.7 Å². The van der Waals surface area contributed by atoms with E-state index in [1.165, 1.54) is 33.9 Å². The van der Waals surface area contributed by atoms with E-state index in [0.717, 1.165) is 19.3 Å². The minimum atomic E-state index is -1.15. The number of hydrogen-bond donors (Lipinski definition) is 0. The molecule has 3 aromatic carbocycles. The van der Waals surface area contributed by atoms with Crippen LogP contribution in [0.15, 0.2) is 106 Å². The van der Waals surface area contributed by atoms with Crippen molar-refractivity contribution in [3.63, 3.8) is 0 Å². The van der Waals surface area contributed by atoms with Crippen LogP contribution in [0.5, 0.6) is 0 Å². The van der Waals surface area contributed by atoms with Gasteiger partial charge in [0.1, 0.15) is 6.10 Å². The number of esters is 1. The summed E-state index contributed by atoms with van der Waals surface area (Å²) >= 11 is 0. The van der Waals surface area contributed by atoms with Crippen LogP contribution in [-0.2, 0) is 25.2 Å². The second kappa shape index (κ2) is 12.6. The van der Waals surface area contributed by atoms with Gasteiger partial charge in [0.05, 0.1) is 16.3 Å². The van der Waals surface area contributed by atoms with Crippen molar-refractivity contribution in [1.29, 1.82) is 0 Å². The van der Waals surface area contributed by atoms with Crippen LogP contribution in [-0.4, -0.2) is 18.0 Å². The molecule has 7 rings (SSSR count). The van der Waals surface area contributed by atoms with E-state index in [4.69, 9.17) is 4.74 Å². The quantitative estimate of drug-likeness (QED) is 0.229. The summed E-state index contributed by atoms with van der Waals surface area (Å²) in [5.74, 6) is 0.765. The van der Waals surface area contributed by atoms with E-state index in [1.54, 1.807) is 0 Å². The van der Waals surface area contributed by atoms with Gasteiger partial charge >= 0.3 is 5.97 Å². The minimum Gasteiger partial charge on any atom is -0.550 e. The van der Waals surface area contributed by atoms with Crippen molar-refractivity contribution in [1.82, 2.24) is 0 Å². The van der Waals surface area contributed by atoms with Gasteiger partial charge in [-0.2, -0.15) is 0 Å². The molecule has 4 saturated carbocycles. The van der Waals surface area contributed by atoms with Crippen molar-refractivity contribution < 1.29 is 19.4 Å². The molecule has 5 heteroatoms. The Morgan fingerprint density at radius 2 is 1.12 bits per heavy atom. The van der Waals surface area contributed by atoms with E-state index >= 15 is 0 Å². The fourth-order valence-corrected chi connectivity index (χ4v) is 9.38. The summed E-state index contributed by atoms with van der Waals surface area (Å²) in [4.78, 5) is 27.7. The standard InChI is InChI=1S/C18H15S.C17H26O4/c1-4-10-16(11-5-1)19(17-12-6-2-7-13-17)18-14-8-3-9-15-18;1-10(2)14(6-15(18)19)21-16(20)17-7-11-3-12(8-17)5-13(4-11)9-17/h1-15H;10-14H,3-9H2,1-2H3,(H,18,19)/q+1;/p-1. The summed E-state index contributed by atoms with van der Waals surface area (Å²) in [5, 5.41) is 10.8. The van der Waals surface area contributed by atoms with Gasteiger partial charge in [-0.05, 0) is 98.6 Å². The van der Waals surface area contributed by atoms with Gasteiger partial charge < -0.3 is 14.6 Å². The zero-order valence-corrected chi connectivity index (χ0v) is 24.4. The summed E-state index contributed by atoms with van der Waals surface area (Å²) in [6.07, 6.45) is 5.93. The number of rotatable bonds is 8. The first kappa shape index (κ1) is 28.5. The van der Waals surface area contributed by atoms with Crippen LogP contribution in [0.4, 0.5) is 0 Å².